The predicted octanol–water partition coefficient (Wildman–Crippen LogP) is 7.26. The molecule has 0 atom stereocenters. The Kier molecular flexibility index (Phi) is 7.16. The maximum absolute atomic E-state index is 13.9. The van der Waals surface area contributed by atoms with E-state index in [9.17, 15) is 9.59 Å². The molecule has 0 saturated heterocycles. The maximum atomic E-state index is 13.9. The second-order valence-corrected chi connectivity index (χ2v) is 13.2. The lowest BCUT2D eigenvalue weighted by molar-refractivity contribution is -0.113. The first-order valence-electron chi connectivity index (χ1n) is 13.6. The first-order valence-corrected chi connectivity index (χ1v) is 16.2. The number of para-hydroxylation sites is 1. The van der Waals surface area contributed by atoms with E-state index in [4.69, 9.17) is 4.98 Å². The number of rotatable bonds is 7. The number of thioether (sulfide) groups is 1. The molecule has 0 spiro atoms. The molecule has 0 aliphatic heterocycles. The summed E-state index contributed by atoms with van der Waals surface area (Å²) in [7, 11) is 0. The Morgan fingerprint density at radius 1 is 0.951 bits per heavy atom. The van der Waals surface area contributed by atoms with Gasteiger partial charge < -0.3 is 5.32 Å². The Morgan fingerprint density at radius 3 is 2.66 bits per heavy atom. The molecule has 1 N–H and O–H groups in total. The monoisotopic (exact) mass is 594 g/mol. The minimum absolute atomic E-state index is 0.0542. The Morgan fingerprint density at radius 2 is 1.76 bits per heavy atom. The molecule has 3 heterocycles. The zero-order valence-electron chi connectivity index (χ0n) is 22.1. The minimum Gasteiger partial charge on any atom is -0.301 e. The summed E-state index contributed by atoms with van der Waals surface area (Å²) in [6.07, 6.45) is 6.75. The number of carbonyl (C=O) groups is 1. The van der Waals surface area contributed by atoms with Crippen LogP contribution in [0.5, 0.6) is 0 Å². The van der Waals surface area contributed by atoms with Gasteiger partial charge in [-0.25, -0.2) is 9.97 Å². The van der Waals surface area contributed by atoms with Gasteiger partial charge in [0.2, 0.25) is 5.91 Å². The number of thiazole rings is 1. The standard InChI is InChI=1S/C32H26N4O2S3/c37-27(34-31-33-18-23(40-31)17-21-11-8-10-20-9-4-5-14-24(20)21)19-39-32-35-29-28(25-15-6-7-16-26(25)41-29)30(38)36(32)22-12-2-1-3-13-22/h1-5,8-14,18H,6-7,15-17,19H2,(H,33,34,37). The molecule has 0 fully saturated rings. The third-order valence-corrected chi connectivity index (χ3v) is 10.4. The number of amides is 1. The number of benzene rings is 3. The fraction of sp³-hybridized carbons (Fsp3) is 0.188. The summed E-state index contributed by atoms with van der Waals surface area (Å²) in [6.45, 7) is 0. The highest BCUT2D eigenvalue weighted by Crippen LogP contribution is 2.35. The highest BCUT2D eigenvalue weighted by atomic mass is 32.2. The Labute approximate surface area is 249 Å². The van der Waals surface area contributed by atoms with Crippen molar-refractivity contribution in [3.63, 3.8) is 0 Å². The number of carbonyl (C=O) groups excluding carboxylic acids is 1. The molecular weight excluding hydrogens is 569 g/mol. The molecule has 0 unspecified atom stereocenters. The van der Waals surface area contributed by atoms with E-state index in [0.29, 0.717) is 10.3 Å². The van der Waals surface area contributed by atoms with Crippen molar-refractivity contribution in [3.05, 3.63) is 110 Å². The van der Waals surface area contributed by atoms with Crippen molar-refractivity contribution in [1.82, 2.24) is 14.5 Å². The number of nitrogens with one attached hydrogen (secondary N) is 1. The van der Waals surface area contributed by atoms with Crippen LogP contribution in [-0.4, -0.2) is 26.2 Å². The van der Waals surface area contributed by atoms with Crippen LogP contribution in [0.4, 0.5) is 5.13 Å². The first-order chi connectivity index (χ1) is 20.1. The van der Waals surface area contributed by atoms with E-state index in [1.54, 1.807) is 15.9 Å². The molecule has 41 heavy (non-hydrogen) atoms. The maximum Gasteiger partial charge on any atom is 0.267 e. The quantitative estimate of drug-likeness (QED) is 0.156. The molecule has 204 valence electrons. The predicted molar refractivity (Wildman–Crippen MR) is 170 cm³/mol. The van der Waals surface area contributed by atoms with E-state index in [1.165, 1.54) is 44.3 Å². The second-order valence-electron chi connectivity index (χ2n) is 10.0. The first kappa shape index (κ1) is 26.1. The highest BCUT2D eigenvalue weighted by Gasteiger charge is 2.23. The summed E-state index contributed by atoms with van der Waals surface area (Å²) >= 11 is 4.39. The smallest absolute Gasteiger partial charge is 0.267 e. The average molecular weight is 595 g/mol. The summed E-state index contributed by atoms with van der Waals surface area (Å²) in [4.78, 5) is 39.4. The molecule has 1 aliphatic carbocycles. The largest absolute Gasteiger partial charge is 0.301 e. The van der Waals surface area contributed by atoms with Crippen LogP contribution in [0.2, 0.25) is 0 Å². The Bertz CT molecular complexity index is 1950. The number of fused-ring (bicyclic) bond motifs is 4. The van der Waals surface area contributed by atoms with Crippen molar-refractivity contribution >= 4 is 66.5 Å². The third kappa shape index (κ3) is 5.21. The van der Waals surface area contributed by atoms with Gasteiger partial charge in [0.15, 0.2) is 10.3 Å². The molecular formula is C32H26N4O2S3. The van der Waals surface area contributed by atoms with Gasteiger partial charge >= 0.3 is 0 Å². The second kappa shape index (κ2) is 11.2. The average Bonchev–Trinajstić information content (AvgIpc) is 3.60. The number of hydrogen-bond acceptors (Lipinski definition) is 7. The molecule has 0 saturated carbocycles. The topological polar surface area (TPSA) is 76.9 Å². The lowest BCUT2D eigenvalue weighted by Gasteiger charge is -2.13. The van der Waals surface area contributed by atoms with Gasteiger partial charge in [-0.15, -0.1) is 22.7 Å². The van der Waals surface area contributed by atoms with Gasteiger partial charge in [-0.2, -0.15) is 0 Å². The van der Waals surface area contributed by atoms with Crippen LogP contribution < -0.4 is 10.9 Å². The van der Waals surface area contributed by atoms with Crippen molar-refractivity contribution in [1.29, 1.82) is 0 Å². The van der Waals surface area contributed by atoms with E-state index in [2.05, 4.69) is 46.7 Å². The van der Waals surface area contributed by atoms with Crippen LogP contribution in [0.15, 0.2) is 88.9 Å². The fourth-order valence-corrected chi connectivity index (χ4v) is 8.42. The van der Waals surface area contributed by atoms with Crippen LogP contribution in [0.3, 0.4) is 0 Å². The van der Waals surface area contributed by atoms with Gasteiger partial charge in [-0.1, -0.05) is 72.4 Å². The SMILES string of the molecule is O=C(CSc1nc2sc3c(c2c(=O)n1-c1ccccc1)CCCC3)Nc1ncc(Cc2cccc3ccccc23)s1. The van der Waals surface area contributed by atoms with Crippen LogP contribution >= 0.6 is 34.4 Å². The van der Waals surface area contributed by atoms with E-state index in [0.717, 1.165) is 58.4 Å². The molecule has 7 rings (SSSR count). The lowest BCUT2D eigenvalue weighted by atomic mass is 9.97. The van der Waals surface area contributed by atoms with Crippen molar-refractivity contribution in [3.8, 4) is 5.69 Å². The molecule has 6 nitrogen and oxygen atoms in total. The van der Waals surface area contributed by atoms with Crippen molar-refractivity contribution < 1.29 is 4.79 Å². The van der Waals surface area contributed by atoms with E-state index in [1.807, 2.05) is 42.6 Å². The normalized spacial score (nSPS) is 13.0. The van der Waals surface area contributed by atoms with Gasteiger partial charge in [0.25, 0.3) is 5.56 Å². The Hall–Kier alpha value is -3.79. The molecule has 9 heteroatoms. The summed E-state index contributed by atoms with van der Waals surface area (Å²) in [5.41, 5.74) is 3.09. The molecule has 1 amide bonds. The number of nitrogens with zero attached hydrogens (tertiary/aromatic N) is 3. The van der Waals surface area contributed by atoms with Crippen LogP contribution in [-0.2, 0) is 24.1 Å². The van der Waals surface area contributed by atoms with Crippen LogP contribution in [0, 0.1) is 0 Å². The van der Waals surface area contributed by atoms with Gasteiger partial charge in [0, 0.05) is 22.4 Å². The van der Waals surface area contributed by atoms with Crippen LogP contribution in [0.1, 0.15) is 33.7 Å². The highest BCUT2D eigenvalue weighted by molar-refractivity contribution is 7.99. The zero-order valence-corrected chi connectivity index (χ0v) is 24.6. The van der Waals surface area contributed by atoms with Gasteiger partial charge in [-0.05, 0) is 59.7 Å². The number of thiophene rings is 1. The van der Waals surface area contributed by atoms with Gasteiger partial charge in [0.1, 0.15) is 4.83 Å². The number of aromatic nitrogens is 3. The van der Waals surface area contributed by atoms with Crippen molar-refractivity contribution in [2.24, 2.45) is 0 Å². The lowest BCUT2D eigenvalue weighted by Crippen LogP contribution is -2.23. The summed E-state index contributed by atoms with van der Waals surface area (Å²) in [6, 6.07) is 24.2. The van der Waals surface area contributed by atoms with Crippen molar-refractivity contribution in [2.45, 2.75) is 37.3 Å². The van der Waals surface area contributed by atoms with Gasteiger partial charge in [0.05, 0.1) is 16.8 Å². The molecule has 1 aliphatic rings. The number of anilines is 1. The third-order valence-electron chi connectivity index (χ3n) is 7.35. The molecule has 3 aromatic heterocycles. The summed E-state index contributed by atoms with van der Waals surface area (Å²) in [5.74, 6) is -0.0609. The van der Waals surface area contributed by atoms with E-state index in [-0.39, 0.29) is 17.2 Å². The zero-order chi connectivity index (χ0) is 27.8. The molecule has 0 radical (unpaired) electrons. The van der Waals surface area contributed by atoms with E-state index < -0.39 is 0 Å². The van der Waals surface area contributed by atoms with E-state index >= 15 is 0 Å². The van der Waals surface area contributed by atoms with Crippen molar-refractivity contribution in [2.75, 3.05) is 11.1 Å². The van der Waals surface area contributed by atoms with Gasteiger partial charge in [-0.3, -0.25) is 14.2 Å². The fourth-order valence-electron chi connectivity index (χ4n) is 5.45. The summed E-state index contributed by atoms with van der Waals surface area (Å²) < 4.78 is 1.66. The number of aryl methyl sites for hydroxylation is 2. The Balaban J connectivity index is 1.11. The van der Waals surface area contributed by atoms with Crippen LogP contribution in [0.25, 0.3) is 26.7 Å². The molecule has 6 aromatic rings. The minimum atomic E-state index is -0.180. The molecule has 3 aromatic carbocycles. The molecule has 0 bridgehead atoms. The number of hydrogen-bond donors (Lipinski definition) is 1. The summed E-state index contributed by atoms with van der Waals surface area (Å²) in [5, 5.41) is 7.22.